The van der Waals surface area contributed by atoms with Gasteiger partial charge in [0, 0.05) is 17.0 Å². The Morgan fingerprint density at radius 3 is 2.48 bits per heavy atom. The van der Waals surface area contributed by atoms with Crippen molar-refractivity contribution in [1.82, 2.24) is 19.6 Å². The zero-order chi connectivity index (χ0) is 21.8. The number of anilines is 2. The predicted molar refractivity (Wildman–Crippen MR) is 124 cm³/mol. The van der Waals surface area contributed by atoms with E-state index in [9.17, 15) is 10.2 Å². The van der Waals surface area contributed by atoms with Crippen molar-refractivity contribution in [3.05, 3.63) is 59.1 Å². The summed E-state index contributed by atoms with van der Waals surface area (Å²) in [6, 6.07) is 12.0. The molecule has 0 saturated carbocycles. The summed E-state index contributed by atoms with van der Waals surface area (Å²) in [6.07, 6.45) is 1.80. The van der Waals surface area contributed by atoms with Crippen LogP contribution in [0, 0.1) is 0 Å². The molecule has 162 valence electrons. The maximum absolute atomic E-state index is 9.41. The molecule has 0 aliphatic carbocycles. The SMILES string of the molecule is CC(C)c1cnn2c(NCc3ccc(-c4cccs4)cc3)nc(NC(CO)CO)nc12. The standard InChI is InChI=1S/C22H26N6O2S/c1-14(2)18-11-24-28-20(18)26-21(25-17(12-29)13-30)27-22(28)23-10-15-5-7-16(8-6-15)19-4-3-9-31-19/h3-9,11,14,17,29-30H,10,12-13H2,1-2H3,(H2,23,25,26,27). The van der Waals surface area contributed by atoms with Gasteiger partial charge in [-0.2, -0.15) is 19.6 Å². The van der Waals surface area contributed by atoms with E-state index >= 15 is 0 Å². The average molecular weight is 439 g/mol. The first-order valence-electron chi connectivity index (χ1n) is 10.2. The van der Waals surface area contributed by atoms with Crippen LogP contribution in [0.2, 0.25) is 0 Å². The summed E-state index contributed by atoms with van der Waals surface area (Å²) in [4.78, 5) is 10.3. The molecule has 3 aromatic heterocycles. The first-order chi connectivity index (χ1) is 15.1. The molecule has 0 aliphatic rings. The van der Waals surface area contributed by atoms with E-state index in [1.54, 1.807) is 22.0 Å². The Kier molecular flexibility index (Phi) is 6.45. The fourth-order valence-electron chi connectivity index (χ4n) is 3.22. The van der Waals surface area contributed by atoms with Gasteiger partial charge < -0.3 is 20.8 Å². The van der Waals surface area contributed by atoms with Crippen LogP contribution >= 0.6 is 11.3 Å². The zero-order valence-corrected chi connectivity index (χ0v) is 18.3. The Balaban J connectivity index is 1.59. The van der Waals surface area contributed by atoms with Gasteiger partial charge in [-0.1, -0.05) is 44.2 Å². The molecule has 0 bridgehead atoms. The molecule has 4 rings (SSSR count). The van der Waals surface area contributed by atoms with Crippen LogP contribution in [0.15, 0.2) is 48.0 Å². The summed E-state index contributed by atoms with van der Waals surface area (Å²) < 4.78 is 1.69. The van der Waals surface area contributed by atoms with Crippen LogP contribution in [0.5, 0.6) is 0 Å². The van der Waals surface area contributed by atoms with Crippen molar-refractivity contribution in [3.63, 3.8) is 0 Å². The molecule has 0 atom stereocenters. The minimum Gasteiger partial charge on any atom is -0.394 e. The zero-order valence-electron chi connectivity index (χ0n) is 17.5. The average Bonchev–Trinajstić information content (AvgIpc) is 3.46. The second kappa shape index (κ2) is 9.42. The van der Waals surface area contributed by atoms with Crippen LogP contribution in [-0.2, 0) is 6.54 Å². The smallest absolute Gasteiger partial charge is 0.229 e. The van der Waals surface area contributed by atoms with Crippen LogP contribution in [0.4, 0.5) is 11.9 Å². The van der Waals surface area contributed by atoms with Crippen molar-refractivity contribution in [2.75, 3.05) is 23.8 Å². The van der Waals surface area contributed by atoms with Gasteiger partial charge in [-0.15, -0.1) is 11.3 Å². The van der Waals surface area contributed by atoms with E-state index in [2.05, 4.69) is 81.3 Å². The number of fused-ring (bicyclic) bond motifs is 1. The topological polar surface area (TPSA) is 108 Å². The van der Waals surface area contributed by atoms with Crippen LogP contribution in [0.25, 0.3) is 16.1 Å². The molecule has 0 saturated heterocycles. The van der Waals surface area contributed by atoms with Gasteiger partial charge in [0.25, 0.3) is 0 Å². The third-order valence-corrected chi connectivity index (χ3v) is 5.92. The van der Waals surface area contributed by atoms with Gasteiger partial charge >= 0.3 is 0 Å². The monoisotopic (exact) mass is 438 g/mol. The molecule has 0 radical (unpaired) electrons. The van der Waals surface area contributed by atoms with Gasteiger partial charge in [0.05, 0.1) is 25.5 Å². The van der Waals surface area contributed by atoms with E-state index in [1.807, 2.05) is 0 Å². The number of hydrogen-bond acceptors (Lipinski definition) is 8. The number of nitrogens with one attached hydrogen (secondary N) is 2. The highest BCUT2D eigenvalue weighted by molar-refractivity contribution is 7.13. The molecule has 3 heterocycles. The van der Waals surface area contributed by atoms with Crippen LogP contribution in [0.3, 0.4) is 0 Å². The minimum absolute atomic E-state index is 0.222. The lowest BCUT2D eigenvalue weighted by atomic mass is 10.1. The lowest BCUT2D eigenvalue weighted by Gasteiger charge is -2.15. The third kappa shape index (κ3) is 4.68. The fourth-order valence-corrected chi connectivity index (χ4v) is 3.96. The van der Waals surface area contributed by atoms with Gasteiger partial charge in [-0.3, -0.25) is 0 Å². The number of aromatic nitrogens is 4. The normalized spacial score (nSPS) is 11.5. The molecule has 4 aromatic rings. The Bertz CT molecular complexity index is 1120. The van der Waals surface area contributed by atoms with Crippen molar-refractivity contribution in [2.24, 2.45) is 0 Å². The highest BCUT2D eigenvalue weighted by Gasteiger charge is 2.17. The van der Waals surface area contributed by atoms with E-state index in [1.165, 1.54) is 10.4 Å². The Hall–Kier alpha value is -3.01. The molecule has 31 heavy (non-hydrogen) atoms. The first-order valence-corrected chi connectivity index (χ1v) is 11.1. The lowest BCUT2D eigenvalue weighted by molar-refractivity contribution is 0.203. The van der Waals surface area contributed by atoms with Crippen molar-refractivity contribution in [2.45, 2.75) is 32.4 Å². The number of hydrogen-bond donors (Lipinski definition) is 4. The van der Waals surface area contributed by atoms with Crippen molar-refractivity contribution < 1.29 is 10.2 Å². The lowest BCUT2D eigenvalue weighted by Crippen LogP contribution is -2.29. The number of benzene rings is 1. The number of rotatable bonds is 9. The maximum Gasteiger partial charge on any atom is 0.229 e. The predicted octanol–water partition coefficient (Wildman–Crippen LogP) is 3.35. The number of nitrogens with zero attached hydrogens (tertiary/aromatic N) is 4. The van der Waals surface area contributed by atoms with Crippen molar-refractivity contribution in [3.8, 4) is 10.4 Å². The van der Waals surface area contributed by atoms with E-state index in [-0.39, 0.29) is 19.1 Å². The summed E-state index contributed by atoms with van der Waals surface area (Å²) >= 11 is 1.72. The van der Waals surface area contributed by atoms with Crippen LogP contribution in [0.1, 0.15) is 30.9 Å². The molecule has 0 aliphatic heterocycles. The van der Waals surface area contributed by atoms with E-state index in [4.69, 9.17) is 0 Å². The Morgan fingerprint density at radius 1 is 1.06 bits per heavy atom. The summed E-state index contributed by atoms with van der Waals surface area (Å²) in [5.74, 6) is 1.11. The highest BCUT2D eigenvalue weighted by Crippen LogP contribution is 2.25. The molecule has 1 aromatic carbocycles. The van der Waals surface area contributed by atoms with Crippen molar-refractivity contribution >= 4 is 28.9 Å². The van der Waals surface area contributed by atoms with Crippen molar-refractivity contribution in [1.29, 1.82) is 0 Å². The molecule has 0 fully saturated rings. The quantitative estimate of drug-likeness (QED) is 0.317. The summed E-state index contributed by atoms with van der Waals surface area (Å²) in [6.45, 7) is 4.29. The molecular formula is C22H26N6O2S. The summed E-state index contributed by atoms with van der Waals surface area (Å²) in [5, 5.41) is 31.7. The summed E-state index contributed by atoms with van der Waals surface area (Å²) in [7, 11) is 0. The van der Waals surface area contributed by atoms with Gasteiger partial charge in [0.2, 0.25) is 11.9 Å². The van der Waals surface area contributed by atoms with E-state index in [0.29, 0.717) is 24.1 Å². The summed E-state index contributed by atoms with van der Waals surface area (Å²) in [5.41, 5.74) is 4.00. The molecule has 0 unspecified atom stereocenters. The minimum atomic E-state index is -0.537. The van der Waals surface area contributed by atoms with Crippen LogP contribution < -0.4 is 10.6 Å². The number of thiophene rings is 1. The van der Waals surface area contributed by atoms with Gasteiger partial charge in [0.15, 0.2) is 5.65 Å². The second-order valence-corrected chi connectivity index (χ2v) is 8.54. The Morgan fingerprint density at radius 2 is 1.84 bits per heavy atom. The molecule has 8 nitrogen and oxygen atoms in total. The van der Waals surface area contributed by atoms with Gasteiger partial charge in [0.1, 0.15) is 0 Å². The number of aliphatic hydroxyl groups excluding tert-OH is 2. The fraction of sp³-hybridized carbons (Fsp3) is 0.318. The Labute approximate surface area is 184 Å². The molecular weight excluding hydrogens is 412 g/mol. The molecule has 9 heteroatoms. The van der Waals surface area contributed by atoms with Crippen LogP contribution in [-0.4, -0.2) is 49.1 Å². The maximum atomic E-state index is 9.41. The second-order valence-electron chi connectivity index (χ2n) is 7.60. The first kappa shape index (κ1) is 21.2. The molecule has 0 amide bonds. The van der Waals surface area contributed by atoms with E-state index in [0.717, 1.165) is 11.1 Å². The van der Waals surface area contributed by atoms with Gasteiger partial charge in [-0.05, 0) is 28.5 Å². The molecule has 4 N–H and O–H groups in total. The highest BCUT2D eigenvalue weighted by atomic mass is 32.1. The largest absolute Gasteiger partial charge is 0.394 e. The number of aliphatic hydroxyl groups is 2. The molecule has 0 spiro atoms. The van der Waals surface area contributed by atoms with Gasteiger partial charge in [-0.25, -0.2) is 0 Å². The third-order valence-electron chi connectivity index (χ3n) is 5.00. The van der Waals surface area contributed by atoms with E-state index < -0.39 is 6.04 Å².